The van der Waals surface area contributed by atoms with E-state index in [0.29, 0.717) is 11.4 Å². The summed E-state index contributed by atoms with van der Waals surface area (Å²) in [5, 5.41) is 21.1. The van der Waals surface area contributed by atoms with E-state index in [9.17, 15) is 9.70 Å². The molecule has 0 spiro atoms. The van der Waals surface area contributed by atoms with Crippen molar-refractivity contribution >= 4 is 28.2 Å². The lowest BCUT2D eigenvalue weighted by molar-refractivity contribution is -0.729. The average Bonchev–Trinajstić information content (AvgIpc) is 2.55. The summed E-state index contributed by atoms with van der Waals surface area (Å²) in [5.74, 6) is 0.0973. The molecule has 0 atom stereocenters. The second-order valence-electron chi connectivity index (χ2n) is 4.95. The third-order valence-electron chi connectivity index (χ3n) is 3.32. The monoisotopic (exact) mass is 309 g/mol. The van der Waals surface area contributed by atoms with Crippen molar-refractivity contribution in [3.63, 3.8) is 0 Å². The fourth-order valence-electron chi connectivity index (χ4n) is 2.27. The molecule has 2 aromatic carbocycles. The van der Waals surface area contributed by atoms with Gasteiger partial charge in [0.25, 0.3) is 4.92 Å². The highest BCUT2D eigenvalue weighted by molar-refractivity contribution is 6.00. The quantitative estimate of drug-likeness (QED) is 0.722. The number of benzene rings is 2. The number of rotatable bonds is 4. The number of hydrogen-bond donors (Lipinski definition) is 2. The van der Waals surface area contributed by atoms with Gasteiger partial charge in [0.15, 0.2) is 5.82 Å². The van der Waals surface area contributed by atoms with E-state index in [1.807, 2.05) is 24.3 Å². The second kappa shape index (κ2) is 6.18. The molecule has 0 bridgehead atoms. The number of carbonyl (C=O) groups excluding carboxylic acids is 1. The van der Waals surface area contributed by atoms with Gasteiger partial charge in [-0.15, -0.1) is 5.10 Å². The van der Waals surface area contributed by atoms with E-state index in [-0.39, 0.29) is 22.9 Å². The Labute approximate surface area is 131 Å². The van der Waals surface area contributed by atoms with Gasteiger partial charge in [-0.3, -0.25) is 4.79 Å². The van der Waals surface area contributed by atoms with E-state index in [4.69, 9.17) is 5.21 Å². The van der Waals surface area contributed by atoms with Crippen molar-refractivity contribution in [1.82, 2.24) is 10.2 Å². The zero-order valence-corrected chi connectivity index (χ0v) is 12.0. The van der Waals surface area contributed by atoms with Crippen molar-refractivity contribution in [2.75, 3.05) is 5.32 Å². The molecule has 2 N–H and O–H groups in total. The largest absolute Gasteiger partial charge is 0.316 e. The number of aromatic nitrogens is 2. The standard InChI is InChI=1S/C16H12N4O3/c21-15(9-11-4-3-6-13(8-11)20(22)23)18-16-14-7-2-1-5-12(14)10-17-19-16/h1-8,10H,9H2,(H-,18,19,21,22,23)/p+1. The van der Waals surface area contributed by atoms with E-state index in [1.165, 1.54) is 12.1 Å². The van der Waals surface area contributed by atoms with Gasteiger partial charge in [0, 0.05) is 22.9 Å². The van der Waals surface area contributed by atoms with Gasteiger partial charge < -0.3 is 5.32 Å². The molecule has 3 aromatic rings. The number of carbonyl (C=O) groups is 1. The van der Waals surface area contributed by atoms with Crippen LogP contribution in [-0.2, 0) is 11.2 Å². The SMILES string of the molecule is O=C(Cc1cccc([N+](=O)O)c1)Nc1nncc2ccccc12. The molecule has 0 saturated carbocycles. The molecule has 1 heterocycles. The molecule has 0 aliphatic rings. The fourth-order valence-corrected chi connectivity index (χ4v) is 2.27. The molecule has 0 fully saturated rings. The summed E-state index contributed by atoms with van der Waals surface area (Å²) < 4.78 is 0. The zero-order chi connectivity index (χ0) is 16.2. The molecule has 0 unspecified atom stereocenters. The maximum absolute atomic E-state index is 12.2. The van der Waals surface area contributed by atoms with Crippen molar-refractivity contribution < 1.29 is 14.9 Å². The lowest BCUT2D eigenvalue weighted by Crippen LogP contribution is -2.16. The first-order valence-corrected chi connectivity index (χ1v) is 6.89. The molecular weight excluding hydrogens is 296 g/mol. The third-order valence-corrected chi connectivity index (χ3v) is 3.32. The Morgan fingerprint density at radius 1 is 1.17 bits per heavy atom. The summed E-state index contributed by atoms with van der Waals surface area (Å²) in [6.45, 7) is 0. The lowest BCUT2D eigenvalue weighted by Gasteiger charge is -2.06. The maximum atomic E-state index is 12.2. The van der Waals surface area contributed by atoms with Crippen molar-refractivity contribution in [3.05, 3.63) is 65.2 Å². The second-order valence-corrected chi connectivity index (χ2v) is 4.95. The van der Waals surface area contributed by atoms with Crippen LogP contribution in [0, 0.1) is 4.91 Å². The summed E-state index contributed by atoms with van der Waals surface area (Å²) in [6.07, 6.45) is 1.67. The predicted molar refractivity (Wildman–Crippen MR) is 83.4 cm³/mol. The first-order valence-electron chi connectivity index (χ1n) is 6.89. The Hall–Kier alpha value is -3.35. The molecular formula is C16H13N4O3+. The Morgan fingerprint density at radius 2 is 2.00 bits per heavy atom. The van der Waals surface area contributed by atoms with E-state index in [1.54, 1.807) is 18.3 Å². The summed E-state index contributed by atoms with van der Waals surface area (Å²) >= 11 is 0. The lowest BCUT2D eigenvalue weighted by atomic mass is 10.1. The molecule has 7 heteroatoms. The number of anilines is 1. The molecule has 3 rings (SSSR count). The summed E-state index contributed by atoms with van der Waals surface area (Å²) in [6, 6.07) is 13.6. The van der Waals surface area contributed by atoms with Crippen LogP contribution in [0.4, 0.5) is 11.5 Å². The van der Waals surface area contributed by atoms with Gasteiger partial charge >= 0.3 is 5.69 Å². The van der Waals surface area contributed by atoms with Gasteiger partial charge in [0.05, 0.1) is 17.5 Å². The van der Waals surface area contributed by atoms with Crippen LogP contribution in [0.2, 0.25) is 0 Å². The van der Waals surface area contributed by atoms with Crippen LogP contribution in [-0.4, -0.2) is 26.2 Å². The molecule has 0 saturated heterocycles. The number of fused-ring (bicyclic) bond motifs is 1. The van der Waals surface area contributed by atoms with Crippen molar-refractivity contribution in [2.45, 2.75) is 6.42 Å². The Bertz CT molecular complexity index is 890. The topological polar surface area (TPSA) is 95.2 Å². The molecule has 0 aliphatic heterocycles. The summed E-state index contributed by atoms with van der Waals surface area (Å²) in [4.78, 5) is 22.8. The molecule has 1 amide bonds. The number of nitrogens with one attached hydrogen (secondary N) is 1. The Morgan fingerprint density at radius 3 is 2.83 bits per heavy atom. The van der Waals surface area contributed by atoms with Crippen LogP contribution in [0.5, 0.6) is 0 Å². The highest BCUT2D eigenvalue weighted by atomic mass is 16.6. The Kier molecular flexibility index (Phi) is 3.92. The summed E-state index contributed by atoms with van der Waals surface area (Å²) in [5.41, 5.74) is 0.670. The first-order chi connectivity index (χ1) is 11.1. The van der Waals surface area contributed by atoms with Gasteiger partial charge in [-0.2, -0.15) is 5.10 Å². The fraction of sp³-hybridized carbons (Fsp3) is 0.0625. The van der Waals surface area contributed by atoms with Crippen LogP contribution < -0.4 is 5.32 Å². The highest BCUT2D eigenvalue weighted by Crippen LogP contribution is 2.19. The molecule has 114 valence electrons. The zero-order valence-electron chi connectivity index (χ0n) is 12.0. The average molecular weight is 309 g/mol. The van der Waals surface area contributed by atoms with Gasteiger partial charge in [0.2, 0.25) is 5.91 Å². The Balaban J connectivity index is 1.79. The van der Waals surface area contributed by atoms with E-state index in [0.717, 1.165) is 10.8 Å². The van der Waals surface area contributed by atoms with E-state index >= 15 is 0 Å². The van der Waals surface area contributed by atoms with E-state index < -0.39 is 0 Å². The predicted octanol–water partition coefficient (Wildman–Crippen LogP) is 2.61. The van der Waals surface area contributed by atoms with Crippen LogP contribution >= 0.6 is 0 Å². The van der Waals surface area contributed by atoms with Gasteiger partial charge in [0.1, 0.15) is 0 Å². The van der Waals surface area contributed by atoms with Crippen LogP contribution in [0.15, 0.2) is 54.7 Å². The third kappa shape index (κ3) is 3.29. The normalized spacial score (nSPS) is 10.4. The molecule has 7 nitrogen and oxygen atoms in total. The number of hydrogen-bond acceptors (Lipinski definition) is 4. The molecule has 1 aromatic heterocycles. The van der Waals surface area contributed by atoms with Crippen LogP contribution in [0.1, 0.15) is 5.56 Å². The maximum Gasteiger partial charge on any atom is 0.316 e. The minimum Gasteiger partial charge on any atom is -0.308 e. The smallest absolute Gasteiger partial charge is 0.308 e. The molecule has 0 aliphatic carbocycles. The van der Waals surface area contributed by atoms with Crippen LogP contribution in [0.3, 0.4) is 0 Å². The number of nitrogens with zero attached hydrogens (tertiary/aromatic N) is 3. The summed E-state index contributed by atoms with van der Waals surface area (Å²) in [7, 11) is 0. The van der Waals surface area contributed by atoms with Gasteiger partial charge in [-0.25, -0.2) is 5.21 Å². The molecule has 0 radical (unpaired) electrons. The van der Waals surface area contributed by atoms with Crippen molar-refractivity contribution in [1.29, 1.82) is 0 Å². The number of amides is 1. The minimum absolute atomic E-state index is 0.0482. The van der Waals surface area contributed by atoms with Gasteiger partial charge in [-0.05, 0) is 5.56 Å². The van der Waals surface area contributed by atoms with Crippen LogP contribution in [0.25, 0.3) is 10.8 Å². The van der Waals surface area contributed by atoms with Crippen molar-refractivity contribution in [3.8, 4) is 0 Å². The molecule has 23 heavy (non-hydrogen) atoms. The van der Waals surface area contributed by atoms with Crippen molar-refractivity contribution in [2.24, 2.45) is 0 Å². The van der Waals surface area contributed by atoms with E-state index in [2.05, 4.69) is 15.5 Å². The van der Waals surface area contributed by atoms with Gasteiger partial charge in [-0.1, -0.05) is 36.4 Å². The minimum atomic E-state index is -0.289. The highest BCUT2D eigenvalue weighted by Gasteiger charge is 2.14. The first kappa shape index (κ1) is 14.6.